The Morgan fingerprint density at radius 1 is 0.242 bits per heavy atom. The van der Waals surface area contributed by atoms with Gasteiger partial charge in [-0.15, -0.1) is 0 Å². The molecule has 0 N–H and O–H groups in total. The summed E-state index contributed by atoms with van der Waals surface area (Å²) in [6.45, 7) is 66.9. The van der Waals surface area contributed by atoms with Gasteiger partial charge in [0.2, 0.25) is 0 Å². The molecular weight excluding hydrogens is 1910 g/mol. The molecule has 9 nitrogen and oxygen atoms in total. The van der Waals surface area contributed by atoms with Crippen molar-refractivity contribution in [2.75, 3.05) is 59.5 Å². The highest BCUT2D eigenvalue weighted by molar-refractivity contribution is 6.32. The minimum Gasteiger partial charge on any atom is -0.493 e. The van der Waals surface area contributed by atoms with Gasteiger partial charge in [-0.1, -0.05) is 285 Å². The highest BCUT2D eigenvalue weighted by Crippen LogP contribution is 2.45. The third-order valence-corrected chi connectivity index (χ3v) is 28.2. The molecule has 0 amide bonds. The van der Waals surface area contributed by atoms with E-state index >= 15 is 0 Å². The fraction of sp³-hybridized carbons (Fsp3) is 0.585. The second kappa shape index (κ2) is 54.1. The van der Waals surface area contributed by atoms with Crippen LogP contribution in [0.2, 0.25) is 5.02 Å². The zero-order valence-electron chi connectivity index (χ0n) is 95.7. The van der Waals surface area contributed by atoms with Gasteiger partial charge in [-0.3, -0.25) is 0 Å². The van der Waals surface area contributed by atoms with Crippen molar-refractivity contribution in [3.63, 3.8) is 0 Å². The van der Waals surface area contributed by atoms with Gasteiger partial charge >= 0.3 is 6.18 Å². The normalized spacial score (nSPS) is 16.0. The van der Waals surface area contributed by atoms with Crippen molar-refractivity contribution in [2.24, 2.45) is 47.3 Å². The molecule has 19 heteroatoms. The van der Waals surface area contributed by atoms with Crippen molar-refractivity contribution in [1.82, 2.24) is 0 Å². The number of ether oxygens (including phenoxy) is 9. The molecule has 9 aromatic rings. The summed E-state index contributed by atoms with van der Waals surface area (Å²) < 4.78 is 171. The molecule has 0 bridgehead atoms. The molecule has 0 aromatic heterocycles. The summed E-state index contributed by atoms with van der Waals surface area (Å²) in [4.78, 5) is 0. The van der Waals surface area contributed by atoms with Crippen molar-refractivity contribution >= 4 is 11.6 Å². The van der Waals surface area contributed by atoms with Crippen LogP contribution < -0.4 is 42.6 Å². The van der Waals surface area contributed by atoms with Crippen molar-refractivity contribution in [3.8, 4) is 51.7 Å². The molecule has 8 fully saturated rings. The minimum absolute atomic E-state index is 0.0258. The Morgan fingerprint density at radius 2 is 0.510 bits per heavy atom. The number of benzene rings is 9. The summed E-state index contributed by atoms with van der Waals surface area (Å²) in [5.74, 6) is 8.54. The van der Waals surface area contributed by atoms with E-state index in [9.17, 15) is 39.5 Å². The van der Waals surface area contributed by atoms with Gasteiger partial charge in [-0.05, 0) is 371 Å². The van der Waals surface area contributed by atoms with Crippen LogP contribution in [0.15, 0.2) is 164 Å². The number of hydrogen-bond acceptors (Lipinski definition) is 9. The molecule has 0 heterocycles. The van der Waals surface area contributed by atoms with Crippen LogP contribution in [0.1, 0.15) is 383 Å². The molecule has 0 radical (unpaired) electrons. The van der Waals surface area contributed by atoms with E-state index in [-0.39, 0.29) is 89.4 Å². The van der Waals surface area contributed by atoms with Crippen LogP contribution in [0.25, 0.3) is 0 Å². The fourth-order valence-corrected chi connectivity index (χ4v) is 15.9. The Morgan fingerprint density at radius 3 is 0.832 bits per heavy atom. The topological polar surface area (TPSA) is 83.1 Å². The molecular formula is C130H180ClF9O9. The Balaban J connectivity index is 0.000000186. The van der Waals surface area contributed by atoms with Crippen molar-refractivity contribution in [2.45, 2.75) is 384 Å². The van der Waals surface area contributed by atoms with Gasteiger partial charge in [-0.25, -0.2) is 26.3 Å². The molecule has 0 unspecified atom stereocenters. The molecule has 0 aliphatic heterocycles. The SMILES string of the molecule is CC(C)(C)c1cc(OCC2CC2)ccc1F.CC(C)(C)c1ccc(C(F)(F)F)c(OCC2CC2)c1.CC(C)(C)c1ccc(Cl)c(OCC2CC2)c1.CC(C)(C)c1ccc(F)c(OCC2CC2)c1.CC(C)(C)c1ccc(F)c(OCC2CCC2)c1.CC(C)(C)c1ccc(F)c(OCC2CCCC2)c1.CC(C)(C)c1cccc(OCC2CC2)c1F.CCCOc1cc(C(C)(C)C)ccc1F.Cc1ccc(C(C)(C)C)cc1OCC1CC1. The smallest absolute Gasteiger partial charge is 0.419 e. The van der Waals surface area contributed by atoms with Gasteiger partial charge in [0.15, 0.2) is 57.8 Å². The molecule has 9 aromatic carbocycles. The van der Waals surface area contributed by atoms with Crippen LogP contribution in [0.4, 0.5) is 39.5 Å². The van der Waals surface area contributed by atoms with Gasteiger partial charge in [0.1, 0.15) is 28.8 Å². The van der Waals surface area contributed by atoms with Gasteiger partial charge < -0.3 is 42.6 Å². The van der Waals surface area contributed by atoms with Crippen molar-refractivity contribution < 1.29 is 82.1 Å². The van der Waals surface area contributed by atoms with Gasteiger partial charge in [-0.2, -0.15) is 13.2 Å². The van der Waals surface area contributed by atoms with E-state index in [1.165, 1.54) is 168 Å². The first-order valence-electron chi connectivity index (χ1n) is 55.0. The first-order valence-corrected chi connectivity index (χ1v) is 55.4. The largest absolute Gasteiger partial charge is 0.493 e. The zero-order chi connectivity index (χ0) is 110. The van der Waals surface area contributed by atoms with Crippen LogP contribution in [0, 0.1) is 89.2 Å². The predicted octanol–water partition coefficient (Wildman–Crippen LogP) is 37.9. The lowest BCUT2D eigenvalue weighted by Gasteiger charge is -2.26. The maximum absolute atomic E-state index is 14.1. The lowest BCUT2D eigenvalue weighted by atomic mass is 9.86. The summed E-state index contributed by atoms with van der Waals surface area (Å²) in [5, 5.41) is 0.716. The van der Waals surface area contributed by atoms with Crippen LogP contribution >= 0.6 is 11.6 Å². The maximum Gasteiger partial charge on any atom is 0.419 e. The number of aryl methyl sites for hydroxylation is 1. The molecule has 8 saturated carbocycles. The summed E-state index contributed by atoms with van der Waals surface area (Å²) >= 11 is 6.13. The average Bonchev–Trinajstić information content (AvgIpc) is 1.64. The summed E-state index contributed by atoms with van der Waals surface area (Å²) in [7, 11) is 0. The lowest BCUT2D eigenvalue weighted by Crippen LogP contribution is -2.20. The molecule has 0 spiro atoms. The Hall–Kier alpha value is -9.16. The van der Waals surface area contributed by atoms with Gasteiger partial charge in [0.05, 0.1) is 70.0 Å². The first kappa shape index (κ1) is 123. The maximum atomic E-state index is 14.1. The minimum atomic E-state index is -4.37. The van der Waals surface area contributed by atoms with E-state index in [4.69, 9.17) is 54.2 Å². The molecule has 824 valence electrons. The Kier molecular flexibility index (Phi) is 44.8. The van der Waals surface area contributed by atoms with E-state index in [1.807, 2.05) is 136 Å². The summed E-state index contributed by atoms with van der Waals surface area (Å²) in [6, 6.07) is 48.0. The number of rotatable bonds is 27. The molecule has 149 heavy (non-hydrogen) atoms. The third kappa shape index (κ3) is 43.7. The zero-order valence-corrected chi connectivity index (χ0v) is 96.4. The van der Waals surface area contributed by atoms with Crippen LogP contribution in [0.3, 0.4) is 0 Å². The second-order valence-corrected chi connectivity index (χ2v) is 52.3. The highest BCUT2D eigenvalue weighted by Gasteiger charge is 2.38. The molecule has 0 atom stereocenters. The molecule has 17 rings (SSSR count). The monoisotopic (exact) mass is 2090 g/mol. The first-order chi connectivity index (χ1) is 69.4. The quantitative estimate of drug-likeness (QED) is 0.0468. The molecule has 0 saturated heterocycles. The number of alkyl halides is 3. The van der Waals surface area contributed by atoms with E-state index in [2.05, 4.69) is 162 Å². The summed E-state index contributed by atoms with van der Waals surface area (Å²) in [6.07, 6.45) is 20.1. The van der Waals surface area contributed by atoms with E-state index in [0.29, 0.717) is 103 Å². The van der Waals surface area contributed by atoms with E-state index in [0.717, 1.165) is 119 Å². The predicted molar refractivity (Wildman–Crippen MR) is 596 cm³/mol. The van der Waals surface area contributed by atoms with E-state index in [1.54, 1.807) is 18.2 Å². The average molecular weight is 2090 g/mol. The number of hydrogen-bond donors (Lipinski definition) is 0. The van der Waals surface area contributed by atoms with Crippen molar-refractivity contribution in [3.05, 3.63) is 265 Å². The van der Waals surface area contributed by atoms with Crippen molar-refractivity contribution in [1.29, 1.82) is 0 Å². The fourth-order valence-electron chi connectivity index (χ4n) is 15.8. The lowest BCUT2D eigenvalue weighted by molar-refractivity contribution is -0.139. The van der Waals surface area contributed by atoms with Crippen LogP contribution in [-0.2, 0) is 54.9 Å². The molecule has 8 aliphatic carbocycles. The van der Waals surface area contributed by atoms with Crippen LogP contribution in [-0.4, -0.2) is 59.5 Å². The number of halogens is 10. The van der Waals surface area contributed by atoms with Gasteiger partial charge in [0.25, 0.3) is 0 Å². The third-order valence-electron chi connectivity index (χ3n) is 27.9. The highest BCUT2D eigenvalue weighted by atomic mass is 35.5. The Bertz CT molecular complexity index is 5410. The van der Waals surface area contributed by atoms with Gasteiger partial charge in [0, 0.05) is 0 Å². The summed E-state index contributed by atoms with van der Waals surface area (Å²) in [5.41, 5.74) is 9.82. The standard InChI is InChI=1S/C16H23FO.C15H19F3O.C15H21FO.C15H22O.C14H19ClO.3C14H19FO.C13H19FO/c1-16(2,3)13-8-9-14(17)15(10-13)18-11-12-6-4-5-7-12;1-14(2,3)11-6-7-12(15(16,17)18)13(8-11)19-9-10-4-5-10;1-15(2,3)12-7-8-13(16)14(9-12)17-10-11-5-4-6-11;1-11-5-8-13(15(2,3)4)9-14(11)16-10-12-6-7-12;1-14(2,3)11-6-7-12(15)13(8-11)16-9-10-4-5-10;1-14(2,3)12-8-11(6-7-13(12)15)16-9-10-4-5-10;1-14(2,3)11-6-7-12(15)13(8-11)16-9-10-4-5-10;1-14(2,3)11-5-4-6-12(13(11)15)16-9-10-7-8-10;1-5-8-15-12-9-10(13(2,3)4)6-7-11(12)14/h8-10,12H,4-7,11H2,1-3H3;6-8,10H,4-5,9H2,1-3H3;7-9,11H,4-6,10H2,1-3H3;5,8-9,12H,6-7,10H2,1-4H3;3*6-8,10H,4-5,9H2,1-3H3;4-6,10H,7-9H2,1-3H3;6-7,9H,5,8H2,1-4H3. The Labute approximate surface area is 895 Å². The molecule has 8 aliphatic rings. The second-order valence-electron chi connectivity index (χ2n) is 51.9. The van der Waals surface area contributed by atoms with E-state index < -0.39 is 11.7 Å². The van der Waals surface area contributed by atoms with Crippen LogP contribution in [0.5, 0.6) is 51.7 Å².